The van der Waals surface area contributed by atoms with Crippen molar-refractivity contribution in [2.75, 3.05) is 68.0 Å². The summed E-state index contributed by atoms with van der Waals surface area (Å²) in [7, 11) is 3.06. The van der Waals surface area contributed by atoms with Gasteiger partial charge in [0, 0.05) is 61.1 Å². The number of nitrogens with one attached hydrogen (secondary N) is 1. The number of anilines is 2. The van der Waals surface area contributed by atoms with Crippen molar-refractivity contribution in [3.8, 4) is 17.2 Å². The van der Waals surface area contributed by atoms with Crippen LogP contribution in [0.2, 0.25) is 0 Å². The van der Waals surface area contributed by atoms with Gasteiger partial charge >= 0.3 is 0 Å². The van der Waals surface area contributed by atoms with E-state index in [2.05, 4.69) is 5.32 Å². The molecule has 272 valence electrons. The van der Waals surface area contributed by atoms with E-state index < -0.39 is 12.1 Å². The molecule has 2 aliphatic heterocycles. The first-order valence-corrected chi connectivity index (χ1v) is 19.0. The first kappa shape index (κ1) is 36.8. The molecule has 0 spiro atoms. The molecule has 3 aromatic carbocycles. The van der Waals surface area contributed by atoms with Crippen LogP contribution >= 0.6 is 23.5 Å². The number of amides is 3. The number of rotatable bonds is 12. The summed E-state index contributed by atoms with van der Waals surface area (Å²) in [5.74, 6) is 2.59. The molecule has 0 saturated carbocycles. The van der Waals surface area contributed by atoms with Crippen molar-refractivity contribution in [2.24, 2.45) is 0 Å². The third-order valence-electron chi connectivity index (χ3n) is 8.77. The molecule has 2 unspecified atom stereocenters. The molecule has 0 bridgehead atoms. The monoisotopic (exact) mass is 744 g/mol. The normalized spacial score (nSPS) is 16.4. The standard InChI is InChI=1S/C37H40N6O7S2/c1-24(50-26-12-8-5-9-13-26)35(46)41-15-17-42(18-16-41)37-38-28-21-31(49-3)30(48-2)20-27(28)33(40-37)39-34(45)29-22-51-23-43(29)32(44)14-19-52-36(47)25-10-6-4-7-11-25/h4-13,20-21,24,29H,14-19,22-23H2,1-3H3,(H,38,39,40,45). The van der Waals surface area contributed by atoms with Gasteiger partial charge in [-0.3, -0.25) is 19.2 Å². The zero-order chi connectivity index (χ0) is 36.6. The van der Waals surface area contributed by atoms with E-state index in [0.717, 1.165) is 11.8 Å². The number of para-hydroxylation sites is 1. The van der Waals surface area contributed by atoms with Crippen LogP contribution < -0.4 is 24.4 Å². The van der Waals surface area contributed by atoms with Gasteiger partial charge in [0.1, 0.15) is 17.6 Å². The second-order valence-corrected chi connectivity index (χ2v) is 14.2. The minimum Gasteiger partial charge on any atom is -0.493 e. The van der Waals surface area contributed by atoms with Crippen LogP contribution in [0.15, 0.2) is 72.8 Å². The number of ether oxygens (including phenoxy) is 3. The number of nitrogens with zero attached hydrogens (tertiary/aromatic N) is 5. The van der Waals surface area contributed by atoms with Gasteiger partial charge in [0.05, 0.1) is 25.6 Å². The lowest BCUT2D eigenvalue weighted by molar-refractivity contribution is -0.138. The number of hydrogen-bond acceptors (Lipinski definition) is 12. The molecule has 3 amide bonds. The molecule has 3 heterocycles. The fourth-order valence-corrected chi connectivity index (χ4v) is 7.90. The van der Waals surface area contributed by atoms with Gasteiger partial charge in [-0.1, -0.05) is 60.3 Å². The van der Waals surface area contributed by atoms with Crippen molar-refractivity contribution in [3.63, 3.8) is 0 Å². The lowest BCUT2D eigenvalue weighted by Gasteiger charge is -2.36. The first-order chi connectivity index (χ1) is 25.2. The summed E-state index contributed by atoms with van der Waals surface area (Å²) in [4.78, 5) is 67.8. The number of methoxy groups -OCH3 is 2. The Morgan fingerprint density at radius 3 is 2.29 bits per heavy atom. The van der Waals surface area contributed by atoms with Gasteiger partial charge in [0.25, 0.3) is 5.91 Å². The van der Waals surface area contributed by atoms with Gasteiger partial charge in [0.15, 0.2) is 17.6 Å². The van der Waals surface area contributed by atoms with Crippen molar-refractivity contribution in [2.45, 2.75) is 25.5 Å². The van der Waals surface area contributed by atoms with Crippen molar-refractivity contribution >= 4 is 69.0 Å². The molecule has 2 fully saturated rings. The zero-order valence-corrected chi connectivity index (χ0v) is 30.8. The molecule has 1 aromatic heterocycles. The Labute approximate surface area is 310 Å². The Kier molecular flexibility index (Phi) is 12.0. The van der Waals surface area contributed by atoms with E-state index in [0.29, 0.717) is 83.2 Å². The number of fused-ring (bicyclic) bond motifs is 1. The number of benzene rings is 3. The molecule has 4 aromatic rings. The van der Waals surface area contributed by atoms with Crippen LogP contribution in [0.3, 0.4) is 0 Å². The fourth-order valence-electron chi connectivity index (χ4n) is 5.96. The van der Waals surface area contributed by atoms with Crippen LogP contribution in [-0.4, -0.2) is 113 Å². The number of aromatic nitrogens is 2. The van der Waals surface area contributed by atoms with Crippen LogP contribution in [0.1, 0.15) is 23.7 Å². The van der Waals surface area contributed by atoms with E-state index in [-0.39, 0.29) is 35.1 Å². The summed E-state index contributed by atoms with van der Waals surface area (Å²) in [6.45, 7) is 3.53. The summed E-state index contributed by atoms with van der Waals surface area (Å²) in [5.41, 5.74) is 1.10. The lowest BCUT2D eigenvalue weighted by Crippen LogP contribution is -2.52. The van der Waals surface area contributed by atoms with Crippen LogP contribution in [-0.2, 0) is 14.4 Å². The zero-order valence-electron chi connectivity index (χ0n) is 29.2. The van der Waals surface area contributed by atoms with Crippen molar-refractivity contribution in [1.29, 1.82) is 0 Å². The first-order valence-electron chi connectivity index (χ1n) is 16.8. The maximum atomic E-state index is 13.9. The Morgan fingerprint density at radius 1 is 0.923 bits per heavy atom. The van der Waals surface area contributed by atoms with Crippen LogP contribution in [0.4, 0.5) is 11.8 Å². The Morgan fingerprint density at radius 2 is 1.60 bits per heavy atom. The smallest absolute Gasteiger partial charge is 0.263 e. The number of hydrogen-bond donors (Lipinski definition) is 1. The van der Waals surface area contributed by atoms with Gasteiger partial charge in [-0.05, 0) is 25.1 Å². The Bertz CT molecular complexity index is 1910. The fraction of sp³-hybridized carbons (Fsp3) is 0.351. The summed E-state index contributed by atoms with van der Waals surface area (Å²) in [6.07, 6.45) is -0.526. The minimum atomic E-state index is -0.726. The van der Waals surface area contributed by atoms with Gasteiger partial charge in [-0.25, -0.2) is 4.98 Å². The number of carbonyl (C=O) groups is 4. The highest BCUT2D eigenvalue weighted by Gasteiger charge is 2.35. The van der Waals surface area contributed by atoms with E-state index in [9.17, 15) is 19.2 Å². The van der Waals surface area contributed by atoms with Gasteiger partial charge in [-0.15, -0.1) is 11.8 Å². The van der Waals surface area contributed by atoms with E-state index in [4.69, 9.17) is 24.2 Å². The molecule has 6 rings (SSSR count). The molecule has 0 radical (unpaired) electrons. The van der Waals surface area contributed by atoms with Crippen molar-refractivity contribution in [1.82, 2.24) is 19.8 Å². The summed E-state index contributed by atoms with van der Waals surface area (Å²) in [5, 5.41) is 3.42. The molecule has 2 saturated heterocycles. The molecule has 13 nitrogen and oxygen atoms in total. The van der Waals surface area contributed by atoms with Crippen molar-refractivity contribution in [3.05, 3.63) is 78.4 Å². The third-order valence-corrected chi connectivity index (χ3v) is 10.7. The van der Waals surface area contributed by atoms with E-state index >= 15 is 0 Å². The van der Waals surface area contributed by atoms with Crippen LogP contribution in [0.25, 0.3) is 10.9 Å². The SMILES string of the molecule is COc1cc2nc(N3CCN(C(=O)C(C)Oc4ccccc4)CC3)nc(NC(=O)C3CSCN3C(=O)CCSC(=O)c3ccccc3)c2cc1OC. The predicted molar refractivity (Wildman–Crippen MR) is 202 cm³/mol. The number of thioether (sulfide) groups is 2. The summed E-state index contributed by atoms with van der Waals surface area (Å²) >= 11 is 2.58. The predicted octanol–water partition coefficient (Wildman–Crippen LogP) is 4.57. The lowest BCUT2D eigenvalue weighted by atomic mass is 10.2. The molecule has 52 heavy (non-hydrogen) atoms. The highest BCUT2D eigenvalue weighted by molar-refractivity contribution is 8.14. The average molecular weight is 745 g/mol. The molecule has 2 aliphatic rings. The van der Waals surface area contributed by atoms with Crippen LogP contribution in [0, 0.1) is 0 Å². The van der Waals surface area contributed by atoms with Gasteiger partial charge in [0.2, 0.25) is 22.9 Å². The van der Waals surface area contributed by atoms with E-state index in [1.54, 1.807) is 53.1 Å². The third kappa shape index (κ3) is 8.53. The topological polar surface area (TPSA) is 144 Å². The quantitative estimate of drug-likeness (QED) is 0.217. The highest BCUT2D eigenvalue weighted by atomic mass is 32.2. The second-order valence-electron chi connectivity index (χ2n) is 12.1. The Hall–Kier alpha value is -5.02. The largest absolute Gasteiger partial charge is 0.493 e. The molecule has 0 aliphatic carbocycles. The summed E-state index contributed by atoms with van der Waals surface area (Å²) in [6, 6.07) is 20.9. The van der Waals surface area contributed by atoms with Crippen LogP contribution in [0.5, 0.6) is 17.2 Å². The maximum absolute atomic E-state index is 13.9. The minimum absolute atomic E-state index is 0.100. The average Bonchev–Trinajstić information content (AvgIpc) is 3.68. The van der Waals surface area contributed by atoms with Gasteiger partial charge in [-0.2, -0.15) is 4.98 Å². The van der Waals surface area contributed by atoms with E-state index in [1.165, 1.54) is 26.0 Å². The second kappa shape index (κ2) is 17.0. The molecular weight excluding hydrogens is 705 g/mol. The highest BCUT2D eigenvalue weighted by Crippen LogP contribution is 2.36. The molecule has 2 atom stereocenters. The maximum Gasteiger partial charge on any atom is 0.263 e. The molecule has 15 heteroatoms. The van der Waals surface area contributed by atoms with Crippen molar-refractivity contribution < 1.29 is 33.4 Å². The van der Waals surface area contributed by atoms with Gasteiger partial charge < -0.3 is 34.2 Å². The van der Waals surface area contributed by atoms with E-state index in [1.807, 2.05) is 41.3 Å². The molecule has 1 N–H and O–H groups in total. The summed E-state index contributed by atoms with van der Waals surface area (Å²) < 4.78 is 16.9. The Balaban J connectivity index is 1.15. The molecular formula is C37H40N6O7S2. The number of carbonyl (C=O) groups excluding carboxylic acids is 4. The number of piperazine rings is 1.